The maximum absolute atomic E-state index is 12.7. The first kappa shape index (κ1) is 15.7. The van der Waals surface area contributed by atoms with Gasteiger partial charge in [0, 0.05) is 25.0 Å². The molecule has 0 amide bonds. The number of hydrogen-bond donors (Lipinski definition) is 2. The van der Waals surface area contributed by atoms with Crippen molar-refractivity contribution in [3.05, 3.63) is 46.2 Å². The second-order valence-corrected chi connectivity index (χ2v) is 6.51. The van der Waals surface area contributed by atoms with E-state index >= 15 is 0 Å². The molecular formula is C16H14ClF3N4. The van der Waals surface area contributed by atoms with E-state index in [1.807, 2.05) is 12.1 Å². The Labute approximate surface area is 141 Å². The lowest BCUT2D eigenvalue weighted by Gasteiger charge is -2.19. The van der Waals surface area contributed by atoms with Crippen LogP contribution in [0, 0.1) is 0 Å². The molecule has 0 radical (unpaired) electrons. The summed E-state index contributed by atoms with van der Waals surface area (Å²) in [4.78, 5) is 7.43. The van der Waals surface area contributed by atoms with Gasteiger partial charge in [0.15, 0.2) is 0 Å². The number of fused-ring (bicyclic) bond motifs is 5. The molecule has 0 spiro atoms. The van der Waals surface area contributed by atoms with Crippen LogP contribution in [-0.4, -0.2) is 23.1 Å². The van der Waals surface area contributed by atoms with Crippen LogP contribution >= 0.6 is 11.6 Å². The summed E-state index contributed by atoms with van der Waals surface area (Å²) in [7, 11) is 0. The maximum Gasteiger partial charge on any atom is 0.420 e. The highest BCUT2D eigenvalue weighted by Gasteiger charge is 2.35. The number of anilines is 2. The standard InChI is InChI=1S/C16H14ClF3N4/c17-14-13(16(18,19)20)7-22-15(24-14)23-10-1-2-11-8-3-9(6-21-5-8)12(11)4-10/h1-2,4,7-9,21H,3,5-6H2,(H,22,23,24). The minimum absolute atomic E-state index is 0.0482. The van der Waals surface area contributed by atoms with E-state index in [4.69, 9.17) is 11.6 Å². The average molecular weight is 355 g/mol. The van der Waals surface area contributed by atoms with Gasteiger partial charge in [0.05, 0.1) is 0 Å². The van der Waals surface area contributed by atoms with Crippen LogP contribution in [0.2, 0.25) is 5.15 Å². The topological polar surface area (TPSA) is 49.8 Å². The fourth-order valence-electron chi connectivity index (χ4n) is 3.53. The van der Waals surface area contributed by atoms with Gasteiger partial charge in [0.1, 0.15) is 10.7 Å². The summed E-state index contributed by atoms with van der Waals surface area (Å²) in [5.74, 6) is 1.08. The van der Waals surface area contributed by atoms with E-state index < -0.39 is 16.9 Å². The first-order valence-electron chi connectivity index (χ1n) is 7.63. The Morgan fingerprint density at radius 1 is 1.17 bits per heavy atom. The second kappa shape index (κ2) is 5.60. The second-order valence-electron chi connectivity index (χ2n) is 6.15. The van der Waals surface area contributed by atoms with E-state index in [0.717, 1.165) is 25.2 Å². The van der Waals surface area contributed by atoms with E-state index in [-0.39, 0.29) is 5.95 Å². The Hall–Kier alpha value is -1.86. The molecule has 4 nitrogen and oxygen atoms in total. The number of nitrogens with zero attached hydrogens (tertiary/aromatic N) is 2. The van der Waals surface area contributed by atoms with Crippen molar-refractivity contribution in [2.45, 2.75) is 24.4 Å². The van der Waals surface area contributed by atoms with Gasteiger partial charge in [-0.25, -0.2) is 9.97 Å². The van der Waals surface area contributed by atoms with Gasteiger partial charge in [-0.2, -0.15) is 13.2 Å². The number of rotatable bonds is 2. The van der Waals surface area contributed by atoms with Gasteiger partial charge >= 0.3 is 6.18 Å². The molecule has 1 aliphatic heterocycles. The summed E-state index contributed by atoms with van der Waals surface area (Å²) in [6.07, 6.45) is -2.72. The molecule has 2 aliphatic rings. The highest BCUT2D eigenvalue weighted by Crippen LogP contribution is 2.44. The molecular weight excluding hydrogens is 341 g/mol. The van der Waals surface area contributed by atoms with Crippen molar-refractivity contribution < 1.29 is 13.2 Å². The summed E-state index contributed by atoms with van der Waals surface area (Å²) in [6, 6.07) is 6.00. The summed E-state index contributed by atoms with van der Waals surface area (Å²) >= 11 is 5.63. The quantitative estimate of drug-likeness (QED) is 0.798. The predicted octanol–water partition coefficient (Wildman–Crippen LogP) is 4.07. The smallest absolute Gasteiger partial charge is 0.324 e. The number of alkyl halides is 3. The average Bonchev–Trinajstić information content (AvgIpc) is 2.77. The Morgan fingerprint density at radius 3 is 2.62 bits per heavy atom. The van der Waals surface area contributed by atoms with Crippen LogP contribution in [0.25, 0.3) is 0 Å². The van der Waals surface area contributed by atoms with Gasteiger partial charge in [-0.3, -0.25) is 0 Å². The van der Waals surface area contributed by atoms with Gasteiger partial charge in [-0.1, -0.05) is 17.7 Å². The number of hydrogen-bond acceptors (Lipinski definition) is 4. The Bertz CT molecular complexity index is 793. The third-order valence-electron chi connectivity index (χ3n) is 4.62. The molecule has 126 valence electrons. The van der Waals surface area contributed by atoms with Crippen LogP contribution < -0.4 is 10.6 Å². The molecule has 2 atom stereocenters. The first-order valence-corrected chi connectivity index (χ1v) is 8.01. The fourth-order valence-corrected chi connectivity index (χ4v) is 3.77. The zero-order valence-electron chi connectivity index (χ0n) is 12.5. The molecule has 2 N–H and O–H groups in total. The molecule has 2 bridgehead atoms. The van der Waals surface area contributed by atoms with Gasteiger partial charge in [-0.05, 0) is 41.5 Å². The zero-order chi connectivity index (χ0) is 16.9. The Kier molecular flexibility index (Phi) is 3.65. The molecule has 2 heterocycles. The molecule has 2 aromatic rings. The van der Waals surface area contributed by atoms with E-state index in [1.54, 1.807) is 0 Å². The molecule has 2 unspecified atom stereocenters. The molecule has 1 aliphatic carbocycles. The van der Waals surface area contributed by atoms with Crippen molar-refractivity contribution in [2.75, 3.05) is 18.4 Å². The first-order chi connectivity index (χ1) is 11.4. The molecule has 1 fully saturated rings. The van der Waals surface area contributed by atoms with E-state index in [1.165, 1.54) is 11.1 Å². The fraction of sp³-hybridized carbons (Fsp3) is 0.375. The van der Waals surface area contributed by atoms with Crippen LogP contribution in [0.1, 0.15) is 34.9 Å². The normalized spacial score (nSPS) is 22.3. The molecule has 4 rings (SSSR count). The maximum atomic E-state index is 12.7. The summed E-state index contributed by atoms with van der Waals surface area (Å²) < 4.78 is 38.1. The SMILES string of the molecule is FC(F)(F)c1cnc(Nc2ccc3c(c2)C2CNCC3C2)nc1Cl. The van der Waals surface area contributed by atoms with Crippen molar-refractivity contribution >= 4 is 23.2 Å². The summed E-state index contributed by atoms with van der Waals surface area (Å²) in [5, 5.41) is 5.75. The van der Waals surface area contributed by atoms with E-state index in [0.29, 0.717) is 18.0 Å². The van der Waals surface area contributed by atoms with Crippen molar-refractivity contribution in [1.29, 1.82) is 0 Å². The van der Waals surface area contributed by atoms with Gasteiger partial charge in [-0.15, -0.1) is 0 Å². The molecule has 8 heteroatoms. The Balaban J connectivity index is 1.60. The number of aromatic nitrogens is 2. The highest BCUT2D eigenvalue weighted by molar-refractivity contribution is 6.30. The van der Waals surface area contributed by atoms with Crippen LogP contribution in [0.15, 0.2) is 24.4 Å². The number of halogens is 4. The minimum Gasteiger partial charge on any atom is -0.324 e. The van der Waals surface area contributed by atoms with Crippen molar-refractivity contribution in [2.24, 2.45) is 0 Å². The van der Waals surface area contributed by atoms with E-state index in [9.17, 15) is 13.2 Å². The van der Waals surface area contributed by atoms with Crippen LogP contribution in [0.5, 0.6) is 0 Å². The molecule has 1 aromatic carbocycles. The van der Waals surface area contributed by atoms with Crippen molar-refractivity contribution in [1.82, 2.24) is 15.3 Å². The third-order valence-corrected chi connectivity index (χ3v) is 4.91. The van der Waals surface area contributed by atoms with Crippen molar-refractivity contribution in [3.8, 4) is 0 Å². The van der Waals surface area contributed by atoms with Crippen molar-refractivity contribution in [3.63, 3.8) is 0 Å². The molecule has 1 aromatic heterocycles. The molecule has 1 saturated heterocycles. The van der Waals surface area contributed by atoms with Crippen LogP contribution in [0.4, 0.5) is 24.8 Å². The zero-order valence-corrected chi connectivity index (χ0v) is 13.2. The summed E-state index contributed by atoms with van der Waals surface area (Å²) in [6.45, 7) is 1.95. The van der Waals surface area contributed by atoms with Gasteiger partial charge in [0.2, 0.25) is 5.95 Å². The molecule has 0 saturated carbocycles. The highest BCUT2D eigenvalue weighted by atomic mass is 35.5. The number of piperidine rings is 1. The minimum atomic E-state index is -4.56. The lowest BCUT2D eigenvalue weighted by molar-refractivity contribution is -0.137. The number of benzene rings is 1. The summed E-state index contributed by atoms with van der Waals surface area (Å²) in [5.41, 5.74) is 2.34. The van der Waals surface area contributed by atoms with Crippen LogP contribution in [0.3, 0.4) is 0 Å². The lowest BCUT2D eigenvalue weighted by atomic mass is 9.98. The number of nitrogens with one attached hydrogen (secondary N) is 2. The largest absolute Gasteiger partial charge is 0.420 e. The Morgan fingerprint density at radius 2 is 1.92 bits per heavy atom. The van der Waals surface area contributed by atoms with E-state index in [2.05, 4.69) is 26.7 Å². The lowest BCUT2D eigenvalue weighted by Crippen LogP contribution is -2.28. The van der Waals surface area contributed by atoms with Crippen LogP contribution in [-0.2, 0) is 6.18 Å². The predicted molar refractivity (Wildman–Crippen MR) is 84.7 cm³/mol. The third kappa shape index (κ3) is 2.71. The monoisotopic (exact) mass is 354 g/mol. The molecule has 24 heavy (non-hydrogen) atoms. The van der Waals surface area contributed by atoms with Gasteiger partial charge in [0.25, 0.3) is 0 Å². The van der Waals surface area contributed by atoms with Gasteiger partial charge < -0.3 is 10.6 Å².